The number of hydrogen-bond acceptors (Lipinski definition) is 8. The van der Waals surface area contributed by atoms with Crippen molar-refractivity contribution < 1.29 is 14.3 Å². The predicted octanol–water partition coefficient (Wildman–Crippen LogP) is 4.02. The second-order valence-electron chi connectivity index (χ2n) is 9.69. The lowest BCUT2D eigenvalue weighted by Gasteiger charge is -2.28. The summed E-state index contributed by atoms with van der Waals surface area (Å²) in [4.78, 5) is 36.3. The molecule has 10 heteroatoms. The van der Waals surface area contributed by atoms with Crippen LogP contribution in [-0.2, 0) is 9.53 Å². The van der Waals surface area contributed by atoms with Crippen LogP contribution in [0.2, 0.25) is 0 Å². The highest BCUT2D eigenvalue weighted by molar-refractivity contribution is 5.94. The molecule has 0 unspecified atom stereocenters. The van der Waals surface area contributed by atoms with Crippen LogP contribution in [0.25, 0.3) is 12.2 Å². The van der Waals surface area contributed by atoms with Gasteiger partial charge in [-0.3, -0.25) is 9.89 Å². The molecular formula is C27H31N7O3. The van der Waals surface area contributed by atoms with E-state index in [-0.39, 0.29) is 23.6 Å². The van der Waals surface area contributed by atoms with Gasteiger partial charge in [0.05, 0.1) is 0 Å². The van der Waals surface area contributed by atoms with Crippen LogP contribution in [0.4, 0.5) is 17.3 Å². The van der Waals surface area contributed by atoms with Crippen molar-refractivity contribution in [2.75, 3.05) is 30.8 Å². The minimum atomic E-state index is -0.474. The zero-order valence-corrected chi connectivity index (χ0v) is 21.0. The fourth-order valence-electron chi connectivity index (χ4n) is 4.12. The van der Waals surface area contributed by atoms with Crippen molar-refractivity contribution in [1.29, 1.82) is 0 Å². The van der Waals surface area contributed by atoms with E-state index in [1.165, 1.54) is 0 Å². The molecule has 0 spiro atoms. The van der Waals surface area contributed by atoms with Gasteiger partial charge in [0.25, 0.3) is 0 Å². The van der Waals surface area contributed by atoms with E-state index in [4.69, 9.17) is 4.74 Å². The van der Waals surface area contributed by atoms with E-state index in [9.17, 15) is 9.59 Å². The van der Waals surface area contributed by atoms with E-state index in [1.807, 2.05) is 43.3 Å². The van der Waals surface area contributed by atoms with Crippen molar-refractivity contribution in [3.8, 4) is 0 Å². The van der Waals surface area contributed by atoms with Crippen molar-refractivity contribution in [2.24, 2.45) is 5.92 Å². The van der Waals surface area contributed by atoms with Crippen molar-refractivity contribution in [2.45, 2.75) is 38.7 Å². The minimum absolute atomic E-state index is 0.0598. The molecule has 3 aromatic rings. The quantitative estimate of drug-likeness (QED) is 0.395. The number of amides is 1. The highest BCUT2D eigenvalue weighted by atomic mass is 16.5. The van der Waals surface area contributed by atoms with Crippen molar-refractivity contribution in [3.05, 3.63) is 59.2 Å². The van der Waals surface area contributed by atoms with Gasteiger partial charge in [0.15, 0.2) is 17.3 Å². The molecule has 1 aliphatic heterocycles. The molecule has 1 amide bonds. The Kier molecular flexibility index (Phi) is 7.27. The molecule has 5 rings (SSSR count). The maximum absolute atomic E-state index is 13.0. The summed E-state index contributed by atoms with van der Waals surface area (Å²) in [6, 6.07) is 11.0. The number of aryl methyl sites for hydroxylation is 1. The molecule has 0 bridgehead atoms. The Bertz CT molecular complexity index is 1310. The van der Waals surface area contributed by atoms with Gasteiger partial charge in [-0.15, -0.1) is 0 Å². The smallest absolute Gasteiger partial charge is 0.357 e. The van der Waals surface area contributed by atoms with E-state index < -0.39 is 5.97 Å². The maximum atomic E-state index is 13.0. The summed E-state index contributed by atoms with van der Waals surface area (Å²) in [5.41, 5.74) is 2.68. The number of aromatic nitrogens is 4. The van der Waals surface area contributed by atoms with Crippen LogP contribution in [0, 0.1) is 12.8 Å². The number of likely N-dealkylation sites (tertiary alicyclic amines) is 1. The SMILES string of the molecule is Cc1cc(Nc2cc(C(=O)OC3CCN(C)CC3)nc(/C=C/c3cccc(NC(=O)C4CC4)c3)n2)n[nH]1. The number of benzene rings is 1. The van der Waals surface area contributed by atoms with Gasteiger partial charge in [0.2, 0.25) is 5.91 Å². The molecule has 1 saturated heterocycles. The Morgan fingerprint density at radius 3 is 2.59 bits per heavy atom. The first kappa shape index (κ1) is 24.6. The number of anilines is 3. The molecule has 192 valence electrons. The van der Waals surface area contributed by atoms with E-state index in [1.54, 1.807) is 12.1 Å². The highest BCUT2D eigenvalue weighted by Crippen LogP contribution is 2.30. The molecular weight excluding hydrogens is 470 g/mol. The molecule has 2 aliphatic rings. The van der Waals surface area contributed by atoms with Crippen LogP contribution >= 0.6 is 0 Å². The summed E-state index contributed by atoms with van der Waals surface area (Å²) < 4.78 is 5.76. The number of esters is 1. The van der Waals surface area contributed by atoms with Crippen molar-refractivity contribution >= 4 is 41.4 Å². The number of piperidine rings is 1. The lowest BCUT2D eigenvalue weighted by Crippen LogP contribution is -2.35. The molecule has 3 N–H and O–H groups in total. The Morgan fingerprint density at radius 2 is 1.86 bits per heavy atom. The molecule has 1 saturated carbocycles. The average molecular weight is 502 g/mol. The fourth-order valence-corrected chi connectivity index (χ4v) is 4.12. The molecule has 1 aromatic carbocycles. The zero-order chi connectivity index (χ0) is 25.8. The number of nitrogens with zero attached hydrogens (tertiary/aromatic N) is 4. The maximum Gasteiger partial charge on any atom is 0.357 e. The third-order valence-electron chi connectivity index (χ3n) is 6.38. The summed E-state index contributed by atoms with van der Waals surface area (Å²) >= 11 is 0. The summed E-state index contributed by atoms with van der Waals surface area (Å²) in [6.07, 6.45) is 6.94. The Hall–Kier alpha value is -4.05. The monoisotopic (exact) mass is 501 g/mol. The van der Waals surface area contributed by atoms with Gasteiger partial charge < -0.3 is 20.3 Å². The van der Waals surface area contributed by atoms with Crippen LogP contribution in [0.15, 0.2) is 36.4 Å². The number of nitrogens with one attached hydrogen (secondary N) is 3. The third-order valence-corrected chi connectivity index (χ3v) is 6.38. The van der Waals surface area contributed by atoms with Crippen molar-refractivity contribution in [3.63, 3.8) is 0 Å². The first-order valence-corrected chi connectivity index (χ1v) is 12.6. The molecule has 3 heterocycles. The van der Waals surface area contributed by atoms with Crippen LogP contribution in [-0.4, -0.2) is 63.2 Å². The molecule has 1 aliphatic carbocycles. The minimum Gasteiger partial charge on any atom is -0.458 e. The zero-order valence-electron chi connectivity index (χ0n) is 21.0. The molecule has 0 atom stereocenters. The topological polar surface area (TPSA) is 125 Å². The molecule has 2 fully saturated rings. The van der Waals surface area contributed by atoms with Gasteiger partial charge in [-0.25, -0.2) is 14.8 Å². The lowest BCUT2D eigenvalue weighted by molar-refractivity contribution is -0.117. The standard InChI is InChI=1S/C27H31N7O3/c1-17-14-25(33-32-17)31-24-16-22(27(36)37-21-10-12-34(2)13-11-21)29-23(30-24)9-6-18-4-3-5-20(15-18)28-26(35)19-7-8-19/h3-6,9,14-16,19,21H,7-8,10-13H2,1-2H3,(H,28,35)(H2,29,30,31,32,33)/b9-6+. The number of ether oxygens (including phenoxy) is 1. The molecule has 10 nitrogen and oxygen atoms in total. The highest BCUT2D eigenvalue weighted by Gasteiger charge is 2.29. The van der Waals surface area contributed by atoms with Crippen LogP contribution in [0.1, 0.15) is 53.3 Å². The second kappa shape index (κ2) is 10.9. The van der Waals surface area contributed by atoms with Crippen LogP contribution < -0.4 is 10.6 Å². The number of rotatable bonds is 8. The summed E-state index contributed by atoms with van der Waals surface area (Å²) in [5.74, 6) is 1.08. The summed E-state index contributed by atoms with van der Waals surface area (Å²) in [6.45, 7) is 3.68. The number of carbonyl (C=O) groups excluding carboxylic acids is 2. The summed E-state index contributed by atoms with van der Waals surface area (Å²) in [5, 5.41) is 13.2. The average Bonchev–Trinajstić information content (AvgIpc) is 3.66. The van der Waals surface area contributed by atoms with Gasteiger partial charge in [-0.1, -0.05) is 18.2 Å². The number of aromatic amines is 1. The Labute approximate surface area is 215 Å². The van der Waals surface area contributed by atoms with Gasteiger partial charge in [-0.2, -0.15) is 5.10 Å². The van der Waals surface area contributed by atoms with E-state index >= 15 is 0 Å². The number of carbonyl (C=O) groups is 2. The number of hydrogen-bond donors (Lipinski definition) is 3. The predicted molar refractivity (Wildman–Crippen MR) is 141 cm³/mol. The largest absolute Gasteiger partial charge is 0.458 e. The van der Waals surface area contributed by atoms with Gasteiger partial charge in [-0.05, 0) is 63.4 Å². The normalized spacial score (nSPS) is 16.6. The second-order valence-corrected chi connectivity index (χ2v) is 9.69. The third kappa shape index (κ3) is 6.79. The lowest BCUT2D eigenvalue weighted by atomic mass is 10.1. The van der Waals surface area contributed by atoms with Crippen LogP contribution in [0.5, 0.6) is 0 Å². The van der Waals surface area contributed by atoms with Gasteiger partial charge >= 0.3 is 5.97 Å². The number of H-pyrrole nitrogens is 1. The van der Waals surface area contributed by atoms with E-state index in [0.717, 1.165) is 55.7 Å². The first-order valence-electron chi connectivity index (χ1n) is 12.6. The molecule has 2 aromatic heterocycles. The van der Waals surface area contributed by atoms with Crippen LogP contribution in [0.3, 0.4) is 0 Å². The Balaban J connectivity index is 1.35. The summed E-state index contributed by atoms with van der Waals surface area (Å²) in [7, 11) is 2.06. The molecule has 0 radical (unpaired) electrons. The Morgan fingerprint density at radius 1 is 1.05 bits per heavy atom. The first-order chi connectivity index (χ1) is 17.9. The fraction of sp³-hybridized carbons (Fsp3) is 0.370. The van der Waals surface area contributed by atoms with E-state index in [0.29, 0.717) is 17.5 Å². The van der Waals surface area contributed by atoms with Gasteiger partial charge in [0, 0.05) is 42.5 Å². The van der Waals surface area contributed by atoms with E-state index in [2.05, 4.69) is 42.7 Å². The van der Waals surface area contributed by atoms with Crippen molar-refractivity contribution in [1.82, 2.24) is 25.1 Å². The van der Waals surface area contributed by atoms with Gasteiger partial charge in [0.1, 0.15) is 11.9 Å². The molecule has 37 heavy (non-hydrogen) atoms.